The SMILES string of the molecule is COc1ccc(-n2ccc(OCc3c(C4CC4)cccc3-n3nnn(C)c3=O)n2)c(OC)n1. The van der Waals surface area contributed by atoms with Crippen LogP contribution in [0.2, 0.25) is 0 Å². The molecule has 0 radical (unpaired) electrons. The molecule has 3 aromatic heterocycles. The van der Waals surface area contributed by atoms with Crippen molar-refractivity contribution in [2.24, 2.45) is 7.05 Å². The predicted molar refractivity (Wildman–Crippen MR) is 117 cm³/mol. The maximum absolute atomic E-state index is 12.5. The number of hydrogen-bond acceptors (Lipinski definition) is 8. The fraction of sp³-hybridized carbons (Fsp3) is 0.318. The van der Waals surface area contributed by atoms with Crippen molar-refractivity contribution in [3.8, 4) is 29.0 Å². The third-order valence-electron chi connectivity index (χ3n) is 5.55. The van der Waals surface area contributed by atoms with Crippen LogP contribution in [0.3, 0.4) is 0 Å². The van der Waals surface area contributed by atoms with Crippen LogP contribution in [0, 0.1) is 0 Å². The van der Waals surface area contributed by atoms with Gasteiger partial charge in [-0.1, -0.05) is 12.1 Å². The van der Waals surface area contributed by atoms with Crippen LogP contribution < -0.4 is 19.9 Å². The van der Waals surface area contributed by atoms with E-state index >= 15 is 0 Å². The first-order valence-corrected chi connectivity index (χ1v) is 10.5. The number of nitrogens with zero attached hydrogens (tertiary/aromatic N) is 7. The Morgan fingerprint density at radius 3 is 2.55 bits per heavy atom. The summed E-state index contributed by atoms with van der Waals surface area (Å²) < 4.78 is 20.7. The van der Waals surface area contributed by atoms with Gasteiger partial charge in [0.2, 0.25) is 17.6 Å². The molecule has 0 bridgehead atoms. The summed E-state index contributed by atoms with van der Waals surface area (Å²) in [5.74, 6) is 1.72. The van der Waals surface area contributed by atoms with Gasteiger partial charge in [0.1, 0.15) is 12.3 Å². The van der Waals surface area contributed by atoms with Gasteiger partial charge in [0, 0.05) is 30.9 Å². The number of hydrogen-bond donors (Lipinski definition) is 0. The molecule has 0 aliphatic heterocycles. The molecule has 11 heteroatoms. The summed E-state index contributed by atoms with van der Waals surface area (Å²) in [6, 6.07) is 11.2. The maximum Gasteiger partial charge on any atom is 0.368 e. The van der Waals surface area contributed by atoms with Gasteiger partial charge in [0.05, 0.1) is 19.9 Å². The number of rotatable bonds is 8. The van der Waals surface area contributed by atoms with Crippen LogP contribution in [0.15, 0.2) is 47.4 Å². The van der Waals surface area contributed by atoms with Gasteiger partial charge >= 0.3 is 5.69 Å². The van der Waals surface area contributed by atoms with Gasteiger partial charge in [-0.25, -0.2) is 9.48 Å². The molecular weight excluding hydrogens is 426 g/mol. The standard InChI is InChI=1S/C22H23N7O4/c1-27-22(30)29(26-25-27)17-6-4-5-15(14-7-8-14)16(17)13-33-20-11-12-28(24-20)18-9-10-19(31-2)23-21(18)32-3/h4-6,9-12,14H,7-8,13H2,1-3H3. The highest BCUT2D eigenvalue weighted by Crippen LogP contribution is 2.43. The predicted octanol–water partition coefficient (Wildman–Crippen LogP) is 2.02. The van der Waals surface area contributed by atoms with Gasteiger partial charge in [0.15, 0.2) is 0 Å². The fourth-order valence-electron chi connectivity index (χ4n) is 3.71. The summed E-state index contributed by atoms with van der Waals surface area (Å²) in [7, 11) is 4.66. The van der Waals surface area contributed by atoms with Crippen LogP contribution >= 0.6 is 0 Å². The average molecular weight is 449 g/mol. The van der Waals surface area contributed by atoms with Crippen LogP contribution in [0.4, 0.5) is 0 Å². The quantitative estimate of drug-likeness (QED) is 0.402. The lowest BCUT2D eigenvalue weighted by molar-refractivity contribution is 0.290. The number of tetrazole rings is 1. The number of aromatic nitrogens is 7. The molecule has 1 aromatic carbocycles. The van der Waals surface area contributed by atoms with Crippen molar-refractivity contribution in [3.63, 3.8) is 0 Å². The Labute approximate surface area is 189 Å². The van der Waals surface area contributed by atoms with Crippen molar-refractivity contribution in [2.45, 2.75) is 25.4 Å². The molecule has 0 amide bonds. The smallest absolute Gasteiger partial charge is 0.368 e. The molecule has 4 aromatic rings. The zero-order valence-electron chi connectivity index (χ0n) is 18.5. The lowest BCUT2D eigenvalue weighted by Crippen LogP contribution is -2.23. The third kappa shape index (κ3) is 3.93. The highest BCUT2D eigenvalue weighted by atomic mass is 16.5. The summed E-state index contributed by atoms with van der Waals surface area (Å²) in [4.78, 5) is 16.8. The maximum atomic E-state index is 12.5. The lowest BCUT2D eigenvalue weighted by Gasteiger charge is -2.14. The van der Waals surface area contributed by atoms with Crippen molar-refractivity contribution in [1.29, 1.82) is 0 Å². The Bertz CT molecular complexity index is 1350. The lowest BCUT2D eigenvalue weighted by atomic mass is 10.0. The van der Waals surface area contributed by atoms with E-state index in [1.807, 2.05) is 18.2 Å². The minimum atomic E-state index is -0.312. The zero-order chi connectivity index (χ0) is 22.9. The highest BCUT2D eigenvalue weighted by Gasteiger charge is 2.28. The van der Waals surface area contributed by atoms with E-state index < -0.39 is 0 Å². The highest BCUT2D eigenvalue weighted by molar-refractivity contribution is 5.48. The summed E-state index contributed by atoms with van der Waals surface area (Å²) in [6.07, 6.45) is 4.00. The van der Waals surface area contributed by atoms with Gasteiger partial charge < -0.3 is 14.2 Å². The molecule has 11 nitrogen and oxygen atoms in total. The Morgan fingerprint density at radius 1 is 1.00 bits per heavy atom. The molecule has 0 N–H and O–H groups in total. The third-order valence-corrected chi connectivity index (χ3v) is 5.55. The monoisotopic (exact) mass is 449 g/mol. The van der Waals surface area contributed by atoms with E-state index in [-0.39, 0.29) is 12.3 Å². The molecule has 5 rings (SSSR count). The minimum absolute atomic E-state index is 0.236. The van der Waals surface area contributed by atoms with Crippen molar-refractivity contribution in [3.05, 3.63) is 64.2 Å². The van der Waals surface area contributed by atoms with Gasteiger partial charge in [-0.2, -0.15) is 14.3 Å². The Morgan fingerprint density at radius 2 is 1.85 bits per heavy atom. The van der Waals surface area contributed by atoms with E-state index in [9.17, 15) is 4.79 Å². The molecule has 0 unspecified atom stereocenters. The van der Waals surface area contributed by atoms with Gasteiger partial charge in [0.25, 0.3) is 0 Å². The fourth-order valence-corrected chi connectivity index (χ4v) is 3.71. The zero-order valence-corrected chi connectivity index (χ0v) is 18.5. The molecule has 1 aliphatic rings. The van der Waals surface area contributed by atoms with Crippen LogP contribution in [0.5, 0.6) is 17.6 Å². The van der Waals surface area contributed by atoms with E-state index in [1.54, 1.807) is 37.2 Å². The molecule has 0 atom stereocenters. The molecule has 33 heavy (non-hydrogen) atoms. The summed E-state index contributed by atoms with van der Waals surface area (Å²) >= 11 is 0. The second kappa shape index (κ2) is 8.41. The van der Waals surface area contributed by atoms with E-state index in [0.29, 0.717) is 34.9 Å². The Hall–Kier alpha value is -4.15. The van der Waals surface area contributed by atoms with Gasteiger partial charge in [-0.15, -0.1) is 5.10 Å². The van der Waals surface area contributed by atoms with E-state index in [1.165, 1.54) is 16.5 Å². The number of benzene rings is 1. The largest absolute Gasteiger partial charge is 0.481 e. The molecule has 170 valence electrons. The number of pyridine rings is 1. The second-order valence-corrected chi connectivity index (χ2v) is 7.69. The first-order valence-electron chi connectivity index (χ1n) is 10.5. The second-order valence-electron chi connectivity index (χ2n) is 7.69. The van der Waals surface area contributed by atoms with Crippen molar-refractivity contribution in [2.75, 3.05) is 14.2 Å². The number of ether oxygens (including phenoxy) is 3. The molecular formula is C22H23N7O4. The van der Waals surface area contributed by atoms with E-state index in [0.717, 1.165) is 24.0 Å². The molecule has 1 fully saturated rings. The van der Waals surface area contributed by atoms with E-state index in [4.69, 9.17) is 14.2 Å². The van der Waals surface area contributed by atoms with Crippen LogP contribution in [0.25, 0.3) is 11.4 Å². The molecule has 1 saturated carbocycles. The van der Waals surface area contributed by atoms with Crippen molar-refractivity contribution in [1.82, 2.24) is 34.6 Å². The van der Waals surface area contributed by atoms with Crippen molar-refractivity contribution < 1.29 is 14.2 Å². The first-order chi connectivity index (χ1) is 16.1. The topological polar surface area (TPSA) is 111 Å². The Kier molecular flexibility index (Phi) is 5.29. The van der Waals surface area contributed by atoms with E-state index in [2.05, 4.69) is 26.6 Å². The minimum Gasteiger partial charge on any atom is -0.481 e. The summed E-state index contributed by atoms with van der Waals surface area (Å²) in [5, 5.41) is 12.4. The molecule has 0 spiro atoms. The molecule has 0 saturated heterocycles. The summed E-state index contributed by atoms with van der Waals surface area (Å²) in [6.45, 7) is 0.236. The van der Waals surface area contributed by atoms with Crippen LogP contribution in [0.1, 0.15) is 29.9 Å². The van der Waals surface area contributed by atoms with Crippen molar-refractivity contribution >= 4 is 0 Å². The Balaban J connectivity index is 1.44. The van der Waals surface area contributed by atoms with Gasteiger partial charge in [-0.3, -0.25) is 0 Å². The number of methoxy groups -OCH3 is 2. The number of aryl methyl sites for hydroxylation is 1. The van der Waals surface area contributed by atoms with Crippen LogP contribution in [-0.2, 0) is 13.7 Å². The molecule has 3 heterocycles. The summed E-state index contributed by atoms with van der Waals surface area (Å²) in [5.41, 5.74) is 3.07. The first kappa shape index (κ1) is 20.7. The van der Waals surface area contributed by atoms with Gasteiger partial charge in [-0.05, 0) is 46.9 Å². The van der Waals surface area contributed by atoms with Crippen LogP contribution in [-0.4, -0.2) is 48.8 Å². The molecule has 1 aliphatic carbocycles. The average Bonchev–Trinajstić information content (AvgIpc) is 3.50. The normalized spacial score (nSPS) is 13.2.